The first-order valence-electron chi connectivity index (χ1n) is 21.8. The number of amides is 1. The van der Waals surface area contributed by atoms with Crippen molar-refractivity contribution in [2.75, 3.05) is 38.3 Å². The number of benzene rings is 2. The molecule has 5 rings (SSSR count). The molecule has 2 N–H and O–H groups in total. The zero-order valence-electron chi connectivity index (χ0n) is 38.7. The summed E-state index contributed by atoms with van der Waals surface area (Å²) >= 11 is 0. The first kappa shape index (κ1) is 47.0. The van der Waals surface area contributed by atoms with Gasteiger partial charge in [0.25, 0.3) is 14.1 Å². The molecule has 1 fully saturated rings. The Kier molecular flexibility index (Phi) is 16.2. The lowest BCUT2D eigenvalue weighted by molar-refractivity contribution is -0.120. The molecule has 1 aromatic heterocycles. The minimum Gasteiger partial charge on any atom is -0.494 e. The molecule has 2 aliphatic rings. The topological polar surface area (TPSA) is 180 Å². The number of rotatable bonds is 19. The normalized spacial score (nSPS) is 19.0. The fraction of sp³-hybridized carbons (Fsp3) is 0.500. The standard InChI is InChI=1S/C46H60N9O7P/c1-29(2)55(30(3)4)63(60-21-19-48-10)62-40-25-43(61-33(40)7)53-28-34(44(57)50-45(53)58)14-12-18-49-42(56)15-13-20-54-39-24-41(59-11)38(23-36(39)32(6)26-46(54,8)9)52-51-37-17-16-31(5)22-35(37)27-47/h12,14,16-17,22-24,26,28-30,33,40,43H,13,15,18-21,25H2,1-9,11H3,(H,49,56)(H,50,57,58)/b14-12+,52-51?/t33-,40-,43-,63?/m1/s1/i7D. The Balaban J connectivity index is 1.20. The average Bonchev–Trinajstić information content (AvgIpc) is 3.65. The van der Waals surface area contributed by atoms with Crippen molar-refractivity contribution in [2.45, 2.75) is 118 Å². The van der Waals surface area contributed by atoms with E-state index in [4.69, 9.17) is 26.5 Å². The van der Waals surface area contributed by atoms with Crippen molar-refractivity contribution in [3.05, 3.63) is 103 Å². The number of anilines is 1. The second-order valence-electron chi connectivity index (χ2n) is 16.6. The Morgan fingerprint density at radius 3 is 2.63 bits per heavy atom. The van der Waals surface area contributed by atoms with Gasteiger partial charge in [-0.25, -0.2) is 16.0 Å². The number of ether oxygens (including phenoxy) is 2. The monoisotopic (exact) mass is 882 g/mol. The number of carbonyl (C=O) groups excluding carboxylic acids is 1. The van der Waals surface area contributed by atoms with Gasteiger partial charge < -0.3 is 33.6 Å². The summed E-state index contributed by atoms with van der Waals surface area (Å²) in [5.74, 6) is 0.364. The lowest BCUT2D eigenvalue weighted by atomic mass is 9.88. The molecule has 4 atom stereocenters. The first-order valence-corrected chi connectivity index (χ1v) is 22.2. The van der Waals surface area contributed by atoms with E-state index in [9.17, 15) is 19.6 Å². The fourth-order valence-electron chi connectivity index (χ4n) is 7.75. The summed E-state index contributed by atoms with van der Waals surface area (Å²) in [5.41, 5.74) is 3.95. The first-order chi connectivity index (χ1) is 30.5. The van der Waals surface area contributed by atoms with Gasteiger partial charge in [-0.2, -0.15) is 5.26 Å². The minimum absolute atomic E-state index is 0.0804. The number of fused-ring (bicyclic) bond motifs is 1. The van der Waals surface area contributed by atoms with E-state index in [1.165, 1.54) is 10.8 Å². The number of nitriles is 1. The number of allylic oxidation sites excluding steroid dienone is 1. The molecule has 336 valence electrons. The van der Waals surface area contributed by atoms with Gasteiger partial charge in [-0.15, -0.1) is 10.2 Å². The van der Waals surface area contributed by atoms with Gasteiger partial charge in [0.05, 0.1) is 36.0 Å². The molecule has 2 aliphatic heterocycles. The van der Waals surface area contributed by atoms with Crippen LogP contribution in [0.5, 0.6) is 5.75 Å². The maximum Gasteiger partial charge on any atom is 0.330 e. The van der Waals surface area contributed by atoms with Crippen molar-refractivity contribution >= 4 is 43.1 Å². The van der Waals surface area contributed by atoms with Crippen molar-refractivity contribution < 1.29 is 24.7 Å². The van der Waals surface area contributed by atoms with Gasteiger partial charge in [0.2, 0.25) is 12.5 Å². The maximum absolute atomic E-state index is 13.0. The Bertz CT molecular complexity index is 2430. The molecule has 63 heavy (non-hydrogen) atoms. The number of aromatic nitrogens is 2. The van der Waals surface area contributed by atoms with Crippen molar-refractivity contribution in [3.8, 4) is 11.8 Å². The summed E-state index contributed by atoms with van der Waals surface area (Å²) in [7, 11) is -0.0269. The zero-order chi connectivity index (χ0) is 46.7. The van der Waals surface area contributed by atoms with E-state index in [0.717, 1.165) is 22.4 Å². The Hall–Kier alpha value is -5.48. The highest BCUT2D eigenvalue weighted by molar-refractivity contribution is 7.44. The molecule has 0 aliphatic carbocycles. The number of aryl methyl sites for hydroxylation is 1. The number of methoxy groups -OCH3 is 1. The summed E-state index contributed by atoms with van der Waals surface area (Å²) in [4.78, 5) is 46.9. The van der Waals surface area contributed by atoms with Crippen LogP contribution in [0.15, 0.2) is 68.5 Å². The fourth-order valence-corrected chi connectivity index (χ4v) is 9.50. The second-order valence-corrected chi connectivity index (χ2v) is 18.0. The van der Waals surface area contributed by atoms with Crippen LogP contribution in [0, 0.1) is 24.8 Å². The average molecular weight is 883 g/mol. The van der Waals surface area contributed by atoms with Crippen LogP contribution in [0.1, 0.15) is 104 Å². The van der Waals surface area contributed by atoms with Gasteiger partial charge in [-0.05, 0) is 98.0 Å². The third-order valence-corrected chi connectivity index (χ3v) is 12.8. The molecule has 1 saturated heterocycles. The lowest BCUT2D eigenvalue weighted by Gasteiger charge is -2.43. The number of nitrogens with one attached hydrogen (secondary N) is 2. The molecule has 1 amide bonds. The van der Waals surface area contributed by atoms with E-state index < -0.39 is 38.2 Å². The van der Waals surface area contributed by atoms with Crippen LogP contribution in [0.4, 0.5) is 17.1 Å². The molecule has 1 unspecified atom stereocenters. The third kappa shape index (κ3) is 12.2. The molecule has 0 saturated carbocycles. The highest BCUT2D eigenvalue weighted by Crippen LogP contribution is 2.50. The van der Waals surface area contributed by atoms with Crippen LogP contribution in [0.2, 0.25) is 0 Å². The van der Waals surface area contributed by atoms with E-state index >= 15 is 0 Å². The summed E-state index contributed by atoms with van der Waals surface area (Å²) in [5, 5.41) is 21.4. The quantitative estimate of drug-likeness (QED) is 0.0512. The molecule has 0 radical (unpaired) electrons. The van der Waals surface area contributed by atoms with Crippen LogP contribution in [0.3, 0.4) is 0 Å². The molecular weight excluding hydrogens is 822 g/mol. The predicted molar refractivity (Wildman–Crippen MR) is 246 cm³/mol. The maximum atomic E-state index is 13.0. The Morgan fingerprint density at radius 1 is 1.21 bits per heavy atom. The van der Waals surface area contributed by atoms with Crippen LogP contribution < -0.4 is 26.2 Å². The van der Waals surface area contributed by atoms with Gasteiger partial charge in [-0.3, -0.25) is 19.1 Å². The number of aromatic amines is 1. The molecule has 16 nitrogen and oxygen atoms in total. The highest BCUT2D eigenvalue weighted by atomic mass is 31.2. The number of nitrogens with zero attached hydrogens (tertiary/aromatic N) is 7. The SMILES string of the molecule is [2H]C[C@H]1O[C@@H](n2cc(/C=C/CNC(=O)CCCN3c4cc(OC)c(N=Nc5ccc(C)cc5C#N)cc4C(C)=CC3(C)C)c(=O)[nH]c2=O)C[C@H]1OP(OCC[N+]#[C-])N(C(C)C)C(C)C. The van der Waals surface area contributed by atoms with E-state index in [-0.39, 0.29) is 68.5 Å². The van der Waals surface area contributed by atoms with E-state index in [0.29, 0.717) is 35.7 Å². The summed E-state index contributed by atoms with van der Waals surface area (Å²) in [6, 6.07) is 11.6. The van der Waals surface area contributed by atoms with Crippen LogP contribution in [0.25, 0.3) is 16.5 Å². The van der Waals surface area contributed by atoms with Gasteiger partial charge in [0, 0.05) is 62.9 Å². The number of carbonyl (C=O) groups is 1. The van der Waals surface area contributed by atoms with Crippen molar-refractivity contribution in [3.63, 3.8) is 0 Å². The summed E-state index contributed by atoms with van der Waals surface area (Å²) < 4.78 is 36.0. The van der Waals surface area contributed by atoms with Crippen LogP contribution in [-0.4, -0.2) is 83.3 Å². The molecule has 17 heteroatoms. The number of azo groups is 1. The van der Waals surface area contributed by atoms with Crippen molar-refractivity contribution in [1.29, 1.82) is 5.26 Å². The number of H-pyrrole nitrogens is 1. The summed E-state index contributed by atoms with van der Waals surface area (Å²) in [6.07, 6.45) is 5.79. The molecule has 0 bridgehead atoms. The van der Waals surface area contributed by atoms with Crippen molar-refractivity contribution in [2.24, 2.45) is 10.2 Å². The predicted octanol–water partition coefficient (Wildman–Crippen LogP) is 8.73. The van der Waals surface area contributed by atoms with Crippen molar-refractivity contribution in [1.82, 2.24) is 19.5 Å². The summed E-state index contributed by atoms with van der Waals surface area (Å²) in [6.45, 7) is 24.5. The van der Waals surface area contributed by atoms with Gasteiger partial charge in [0.15, 0.2) is 0 Å². The molecule has 0 spiro atoms. The molecule has 3 aromatic rings. The van der Waals surface area contributed by atoms with Gasteiger partial charge in [0.1, 0.15) is 36.0 Å². The Labute approximate surface area is 372 Å². The number of hydrogen-bond acceptors (Lipinski definition) is 12. The third-order valence-electron chi connectivity index (χ3n) is 10.7. The molecule has 3 heterocycles. The molecular formula is C46H60N9O7P. The van der Waals surface area contributed by atoms with Crippen LogP contribution in [-0.2, 0) is 18.6 Å². The highest BCUT2D eigenvalue weighted by Gasteiger charge is 2.40. The second kappa shape index (κ2) is 21.7. The van der Waals surface area contributed by atoms with Gasteiger partial charge >= 0.3 is 5.69 Å². The number of hydrogen-bond donors (Lipinski definition) is 2. The van der Waals surface area contributed by atoms with Crippen LogP contribution >= 0.6 is 8.53 Å². The van der Waals surface area contributed by atoms with E-state index in [1.54, 1.807) is 31.4 Å². The smallest absolute Gasteiger partial charge is 0.330 e. The lowest BCUT2D eigenvalue weighted by Crippen LogP contribution is -2.45. The van der Waals surface area contributed by atoms with Gasteiger partial charge in [-0.1, -0.05) is 24.3 Å². The Morgan fingerprint density at radius 2 is 1.95 bits per heavy atom. The van der Waals surface area contributed by atoms with E-state index in [2.05, 4.69) is 60.9 Å². The largest absolute Gasteiger partial charge is 0.494 e. The molecule has 2 aromatic carbocycles. The van der Waals surface area contributed by atoms with E-state index in [1.807, 2.05) is 59.7 Å². The zero-order valence-corrected chi connectivity index (χ0v) is 38.6. The minimum atomic E-state index is -1.60.